The molecule has 1 aliphatic rings. The van der Waals surface area contributed by atoms with Crippen molar-refractivity contribution in [1.29, 1.82) is 0 Å². The van der Waals surface area contributed by atoms with Crippen molar-refractivity contribution >= 4 is 12.0 Å². The van der Waals surface area contributed by atoms with Crippen LogP contribution < -0.4 is 10.6 Å². The Hall–Kier alpha value is -1.30. The second-order valence-electron chi connectivity index (χ2n) is 5.29. The standard InChI is InChI=1S/C13H24N2O4/c1-3-6-13(2,11(16)17)15-12(18)14-7-8-19-9-10-4-5-10/h10H,3-9H2,1-2H3,(H,16,17)(H2,14,15,18). The Bertz CT molecular complexity index is 318. The third-order valence-electron chi connectivity index (χ3n) is 3.19. The first-order chi connectivity index (χ1) is 8.98. The van der Waals surface area contributed by atoms with Crippen molar-refractivity contribution in [3.8, 4) is 0 Å². The number of hydrogen-bond donors (Lipinski definition) is 3. The summed E-state index contributed by atoms with van der Waals surface area (Å²) in [5.41, 5.74) is -1.21. The van der Waals surface area contributed by atoms with Gasteiger partial charge in [-0.2, -0.15) is 0 Å². The third-order valence-corrected chi connectivity index (χ3v) is 3.19. The average Bonchev–Trinajstić information content (AvgIpc) is 3.12. The molecule has 1 atom stereocenters. The molecule has 0 saturated heterocycles. The minimum atomic E-state index is -1.21. The smallest absolute Gasteiger partial charge is 0.329 e. The molecule has 3 N–H and O–H groups in total. The largest absolute Gasteiger partial charge is 0.480 e. The molecule has 110 valence electrons. The Balaban J connectivity index is 2.17. The van der Waals surface area contributed by atoms with E-state index in [1.807, 2.05) is 6.92 Å². The number of ether oxygens (including phenoxy) is 1. The van der Waals surface area contributed by atoms with Crippen LogP contribution in [0.3, 0.4) is 0 Å². The lowest BCUT2D eigenvalue weighted by molar-refractivity contribution is -0.144. The predicted octanol–water partition coefficient (Wildman–Crippen LogP) is 1.36. The molecule has 0 bridgehead atoms. The molecule has 0 heterocycles. The van der Waals surface area contributed by atoms with Crippen LogP contribution in [0.5, 0.6) is 0 Å². The van der Waals surface area contributed by atoms with Crippen LogP contribution >= 0.6 is 0 Å². The molecule has 1 unspecified atom stereocenters. The summed E-state index contributed by atoms with van der Waals surface area (Å²) in [6, 6.07) is -0.464. The van der Waals surface area contributed by atoms with Crippen molar-refractivity contribution in [3.05, 3.63) is 0 Å². The lowest BCUT2D eigenvalue weighted by Crippen LogP contribution is -2.55. The van der Waals surface area contributed by atoms with Crippen LogP contribution in [0.4, 0.5) is 4.79 Å². The molecule has 19 heavy (non-hydrogen) atoms. The van der Waals surface area contributed by atoms with E-state index in [4.69, 9.17) is 9.84 Å². The number of carbonyl (C=O) groups is 2. The molecule has 6 heteroatoms. The van der Waals surface area contributed by atoms with Crippen LogP contribution in [-0.2, 0) is 9.53 Å². The van der Waals surface area contributed by atoms with Gasteiger partial charge in [-0.05, 0) is 32.1 Å². The molecule has 6 nitrogen and oxygen atoms in total. The van der Waals surface area contributed by atoms with Crippen molar-refractivity contribution in [3.63, 3.8) is 0 Å². The summed E-state index contributed by atoms with van der Waals surface area (Å²) >= 11 is 0. The zero-order chi connectivity index (χ0) is 14.3. The zero-order valence-electron chi connectivity index (χ0n) is 11.7. The highest BCUT2D eigenvalue weighted by Gasteiger charge is 2.33. The SMILES string of the molecule is CCCC(C)(NC(=O)NCCOCC1CC1)C(=O)O. The molecule has 0 aromatic rings. The number of aliphatic carboxylic acids is 1. The van der Waals surface area contributed by atoms with Crippen molar-refractivity contribution in [2.75, 3.05) is 19.8 Å². The van der Waals surface area contributed by atoms with Crippen molar-refractivity contribution in [2.45, 2.75) is 45.1 Å². The number of carboxylic acids is 1. The molecule has 0 aliphatic heterocycles. The van der Waals surface area contributed by atoms with E-state index in [0.717, 1.165) is 6.61 Å². The van der Waals surface area contributed by atoms with Gasteiger partial charge >= 0.3 is 12.0 Å². The van der Waals surface area contributed by atoms with E-state index >= 15 is 0 Å². The van der Waals surface area contributed by atoms with Crippen molar-refractivity contribution < 1.29 is 19.4 Å². The summed E-state index contributed by atoms with van der Waals surface area (Å²) in [6.45, 7) is 5.00. The van der Waals surface area contributed by atoms with Crippen molar-refractivity contribution in [1.82, 2.24) is 10.6 Å². The minimum absolute atomic E-state index is 0.389. The molecule has 1 aliphatic carbocycles. The average molecular weight is 272 g/mol. The normalized spacial score (nSPS) is 17.6. The topological polar surface area (TPSA) is 87.7 Å². The molecule has 1 saturated carbocycles. The Morgan fingerprint density at radius 3 is 2.63 bits per heavy atom. The van der Waals surface area contributed by atoms with Gasteiger partial charge in [0.2, 0.25) is 0 Å². The van der Waals surface area contributed by atoms with Gasteiger partial charge in [0.25, 0.3) is 0 Å². The highest BCUT2D eigenvalue weighted by molar-refractivity contribution is 5.85. The second kappa shape index (κ2) is 7.33. The Morgan fingerprint density at radius 1 is 1.42 bits per heavy atom. The maximum atomic E-state index is 11.6. The lowest BCUT2D eigenvalue weighted by Gasteiger charge is -2.25. The van der Waals surface area contributed by atoms with E-state index in [1.54, 1.807) is 0 Å². The highest BCUT2D eigenvalue weighted by Crippen LogP contribution is 2.28. The molecule has 0 radical (unpaired) electrons. The van der Waals surface area contributed by atoms with Gasteiger partial charge in [-0.3, -0.25) is 0 Å². The molecule has 1 rings (SSSR count). The van der Waals surface area contributed by atoms with Crippen LogP contribution in [0.25, 0.3) is 0 Å². The molecular weight excluding hydrogens is 248 g/mol. The number of amides is 2. The van der Waals surface area contributed by atoms with Gasteiger partial charge < -0.3 is 20.5 Å². The summed E-state index contributed by atoms with van der Waals surface area (Å²) in [5, 5.41) is 14.2. The lowest BCUT2D eigenvalue weighted by atomic mass is 9.97. The Kier molecular flexibility index (Phi) is 6.08. The van der Waals surface area contributed by atoms with Crippen LogP contribution in [0.1, 0.15) is 39.5 Å². The Labute approximate surface area is 113 Å². The first-order valence-electron chi connectivity index (χ1n) is 6.85. The van der Waals surface area contributed by atoms with Gasteiger partial charge in [-0.1, -0.05) is 13.3 Å². The monoisotopic (exact) mass is 272 g/mol. The number of carbonyl (C=O) groups excluding carboxylic acids is 1. The van der Waals surface area contributed by atoms with Gasteiger partial charge in [-0.15, -0.1) is 0 Å². The molecule has 1 fully saturated rings. The predicted molar refractivity (Wildman–Crippen MR) is 71.0 cm³/mol. The van der Waals surface area contributed by atoms with Gasteiger partial charge in [0.05, 0.1) is 6.61 Å². The molecule has 0 aromatic heterocycles. The number of urea groups is 1. The van der Waals surface area contributed by atoms with Crippen LogP contribution in [-0.4, -0.2) is 42.4 Å². The van der Waals surface area contributed by atoms with Crippen LogP contribution in [0, 0.1) is 5.92 Å². The summed E-state index contributed by atoms with van der Waals surface area (Å²) in [7, 11) is 0. The molecule has 0 aromatic carbocycles. The number of rotatable bonds is 9. The zero-order valence-corrected chi connectivity index (χ0v) is 11.7. The van der Waals surface area contributed by atoms with Crippen LogP contribution in [0.15, 0.2) is 0 Å². The first kappa shape index (κ1) is 15.8. The third kappa shape index (κ3) is 5.92. The fourth-order valence-corrected chi connectivity index (χ4v) is 1.79. The van der Waals surface area contributed by atoms with E-state index < -0.39 is 17.5 Å². The fourth-order valence-electron chi connectivity index (χ4n) is 1.79. The number of nitrogens with one attached hydrogen (secondary N) is 2. The van der Waals surface area contributed by atoms with E-state index in [-0.39, 0.29) is 0 Å². The highest BCUT2D eigenvalue weighted by atomic mass is 16.5. The van der Waals surface area contributed by atoms with Crippen molar-refractivity contribution in [2.24, 2.45) is 5.92 Å². The quantitative estimate of drug-likeness (QED) is 0.553. The van der Waals surface area contributed by atoms with E-state index in [0.29, 0.717) is 31.9 Å². The molecule has 0 spiro atoms. The van der Waals surface area contributed by atoms with Crippen LogP contribution in [0.2, 0.25) is 0 Å². The molecule has 2 amide bonds. The maximum Gasteiger partial charge on any atom is 0.329 e. The van der Waals surface area contributed by atoms with Gasteiger partial charge in [0, 0.05) is 13.2 Å². The Morgan fingerprint density at radius 2 is 2.11 bits per heavy atom. The summed E-state index contributed by atoms with van der Waals surface area (Å²) in [6.07, 6.45) is 3.56. The van der Waals surface area contributed by atoms with Gasteiger partial charge in [-0.25, -0.2) is 9.59 Å². The second-order valence-corrected chi connectivity index (χ2v) is 5.29. The van der Waals surface area contributed by atoms with E-state index in [9.17, 15) is 9.59 Å². The number of hydrogen-bond acceptors (Lipinski definition) is 3. The summed E-state index contributed by atoms with van der Waals surface area (Å²) in [5.74, 6) is -0.317. The molecular formula is C13H24N2O4. The fraction of sp³-hybridized carbons (Fsp3) is 0.846. The first-order valence-corrected chi connectivity index (χ1v) is 6.85. The van der Waals surface area contributed by atoms with Gasteiger partial charge in [0.1, 0.15) is 5.54 Å². The maximum absolute atomic E-state index is 11.6. The number of carboxylic acid groups (broad SMARTS) is 1. The summed E-state index contributed by atoms with van der Waals surface area (Å²) in [4.78, 5) is 22.7. The minimum Gasteiger partial charge on any atom is -0.480 e. The van der Waals surface area contributed by atoms with Gasteiger partial charge in [0.15, 0.2) is 0 Å². The van der Waals surface area contributed by atoms with E-state index in [2.05, 4.69) is 10.6 Å². The van der Waals surface area contributed by atoms with E-state index in [1.165, 1.54) is 19.8 Å². The summed E-state index contributed by atoms with van der Waals surface area (Å²) < 4.78 is 5.37.